The predicted molar refractivity (Wildman–Crippen MR) is 91.0 cm³/mol. The Labute approximate surface area is 147 Å². The number of benzene rings is 1. The van der Waals surface area contributed by atoms with Crippen LogP contribution in [0.25, 0.3) is 0 Å². The molecule has 0 aromatic heterocycles. The van der Waals surface area contributed by atoms with Gasteiger partial charge in [0.15, 0.2) is 0 Å². The van der Waals surface area contributed by atoms with Gasteiger partial charge in [0.05, 0.1) is 19.6 Å². The van der Waals surface area contributed by atoms with E-state index in [2.05, 4.69) is 13.0 Å². The second-order valence-electron chi connectivity index (χ2n) is 7.16. The second-order valence-corrected chi connectivity index (χ2v) is 7.16. The SMILES string of the molecule is C[C@@H]1C[C@@H]2OC(=O)C[C@@H]2[C@H]1/C=C/C1(COc2ccccc2)OCCO1. The van der Waals surface area contributed by atoms with Crippen LogP contribution < -0.4 is 4.74 Å². The highest BCUT2D eigenvalue weighted by molar-refractivity contribution is 5.72. The number of hydrogen-bond acceptors (Lipinski definition) is 5. The van der Waals surface area contributed by atoms with Gasteiger partial charge in [-0.15, -0.1) is 0 Å². The first-order chi connectivity index (χ1) is 12.2. The van der Waals surface area contributed by atoms with E-state index in [9.17, 15) is 4.79 Å². The van der Waals surface area contributed by atoms with Crippen LogP contribution in [-0.4, -0.2) is 37.7 Å². The summed E-state index contributed by atoms with van der Waals surface area (Å²) in [7, 11) is 0. The molecular weight excluding hydrogens is 320 g/mol. The Kier molecular flexibility index (Phi) is 4.52. The molecule has 1 aromatic rings. The van der Waals surface area contributed by atoms with Crippen molar-refractivity contribution in [1.29, 1.82) is 0 Å². The van der Waals surface area contributed by atoms with Crippen molar-refractivity contribution in [2.75, 3.05) is 19.8 Å². The van der Waals surface area contributed by atoms with E-state index in [1.165, 1.54) is 0 Å². The van der Waals surface area contributed by atoms with Crippen LogP contribution in [0.4, 0.5) is 0 Å². The van der Waals surface area contributed by atoms with E-state index < -0.39 is 5.79 Å². The fourth-order valence-corrected chi connectivity index (χ4v) is 4.17. The molecule has 2 saturated heterocycles. The van der Waals surface area contributed by atoms with Crippen LogP contribution in [0.3, 0.4) is 0 Å². The molecule has 134 valence electrons. The lowest BCUT2D eigenvalue weighted by atomic mass is 9.88. The lowest BCUT2D eigenvalue weighted by Crippen LogP contribution is -2.35. The smallest absolute Gasteiger partial charge is 0.306 e. The van der Waals surface area contributed by atoms with Gasteiger partial charge in [0.25, 0.3) is 0 Å². The molecule has 2 aliphatic heterocycles. The number of rotatable bonds is 5. The number of para-hydroxylation sites is 1. The summed E-state index contributed by atoms with van der Waals surface area (Å²) in [5.41, 5.74) is 0. The summed E-state index contributed by atoms with van der Waals surface area (Å²) >= 11 is 0. The molecule has 0 spiro atoms. The van der Waals surface area contributed by atoms with Crippen molar-refractivity contribution in [3.8, 4) is 5.75 Å². The van der Waals surface area contributed by atoms with E-state index in [0.29, 0.717) is 38.1 Å². The van der Waals surface area contributed by atoms with Crippen LogP contribution in [0.1, 0.15) is 19.8 Å². The van der Waals surface area contributed by atoms with Crippen molar-refractivity contribution in [1.82, 2.24) is 0 Å². The van der Waals surface area contributed by atoms with Crippen molar-refractivity contribution in [2.45, 2.75) is 31.7 Å². The zero-order valence-corrected chi connectivity index (χ0v) is 14.4. The summed E-state index contributed by atoms with van der Waals surface area (Å²) in [4.78, 5) is 11.6. The van der Waals surface area contributed by atoms with Crippen LogP contribution in [0.15, 0.2) is 42.5 Å². The summed E-state index contributed by atoms with van der Waals surface area (Å²) in [6.07, 6.45) is 5.64. The first-order valence-electron chi connectivity index (χ1n) is 9.00. The van der Waals surface area contributed by atoms with E-state index in [-0.39, 0.29) is 18.0 Å². The summed E-state index contributed by atoms with van der Waals surface area (Å²) in [5.74, 6) is 0.920. The Balaban J connectivity index is 1.46. The number of esters is 1. The van der Waals surface area contributed by atoms with Gasteiger partial charge < -0.3 is 18.9 Å². The third-order valence-electron chi connectivity index (χ3n) is 5.45. The van der Waals surface area contributed by atoms with Gasteiger partial charge in [0.2, 0.25) is 5.79 Å². The van der Waals surface area contributed by atoms with Gasteiger partial charge in [-0.2, -0.15) is 0 Å². The molecule has 3 fully saturated rings. The molecule has 4 rings (SSSR count). The number of carbonyl (C=O) groups excluding carboxylic acids is 1. The summed E-state index contributed by atoms with van der Waals surface area (Å²) in [5, 5.41) is 0. The van der Waals surface area contributed by atoms with Crippen molar-refractivity contribution in [2.24, 2.45) is 17.8 Å². The van der Waals surface area contributed by atoms with E-state index in [4.69, 9.17) is 18.9 Å². The quantitative estimate of drug-likeness (QED) is 0.607. The number of ether oxygens (including phenoxy) is 4. The summed E-state index contributed by atoms with van der Waals surface area (Å²) in [6.45, 7) is 3.62. The van der Waals surface area contributed by atoms with Crippen molar-refractivity contribution >= 4 is 5.97 Å². The monoisotopic (exact) mass is 344 g/mol. The molecule has 0 unspecified atom stereocenters. The van der Waals surface area contributed by atoms with E-state index >= 15 is 0 Å². The van der Waals surface area contributed by atoms with Crippen molar-refractivity contribution < 1.29 is 23.7 Å². The fourth-order valence-electron chi connectivity index (χ4n) is 4.17. The van der Waals surface area contributed by atoms with Crippen LogP contribution in [0.2, 0.25) is 0 Å². The zero-order valence-electron chi connectivity index (χ0n) is 14.4. The van der Waals surface area contributed by atoms with Gasteiger partial charge in [0, 0.05) is 5.92 Å². The maximum atomic E-state index is 11.6. The van der Waals surface area contributed by atoms with Gasteiger partial charge in [-0.25, -0.2) is 0 Å². The molecule has 0 amide bonds. The zero-order chi connectivity index (χ0) is 17.3. The summed E-state index contributed by atoms with van der Waals surface area (Å²) < 4.78 is 23.0. The lowest BCUT2D eigenvalue weighted by molar-refractivity contribution is -0.141. The van der Waals surface area contributed by atoms with Gasteiger partial charge in [-0.05, 0) is 36.5 Å². The largest absolute Gasteiger partial charge is 0.488 e. The molecule has 1 aliphatic carbocycles. The van der Waals surface area contributed by atoms with Crippen LogP contribution >= 0.6 is 0 Å². The predicted octanol–water partition coefficient (Wildman–Crippen LogP) is 2.95. The Morgan fingerprint density at radius 2 is 2.00 bits per heavy atom. The van der Waals surface area contributed by atoms with E-state index in [1.54, 1.807) is 0 Å². The molecule has 1 aromatic carbocycles. The Morgan fingerprint density at radius 3 is 2.76 bits per heavy atom. The highest BCUT2D eigenvalue weighted by atomic mass is 16.8. The number of hydrogen-bond donors (Lipinski definition) is 0. The van der Waals surface area contributed by atoms with Gasteiger partial charge >= 0.3 is 5.97 Å². The number of allylic oxidation sites excluding steroid dienone is 1. The average molecular weight is 344 g/mol. The number of fused-ring (bicyclic) bond motifs is 1. The minimum Gasteiger partial charge on any atom is -0.488 e. The number of carbonyl (C=O) groups is 1. The second kappa shape index (κ2) is 6.81. The minimum absolute atomic E-state index is 0.0686. The Bertz CT molecular complexity index is 635. The van der Waals surface area contributed by atoms with Crippen LogP contribution in [0.5, 0.6) is 5.75 Å². The van der Waals surface area contributed by atoms with Crippen LogP contribution in [0, 0.1) is 17.8 Å². The molecule has 2 heterocycles. The van der Waals surface area contributed by atoms with Crippen molar-refractivity contribution in [3.63, 3.8) is 0 Å². The molecule has 1 saturated carbocycles. The van der Waals surface area contributed by atoms with Gasteiger partial charge in [-0.1, -0.05) is 31.2 Å². The molecule has 5 heteroatoms. The Hall–Kier alpha value is -1.85. The highest BCUT2D eigenvalue weighted by Gasteiger charge is 2.48. The lowest BCUT2D eigenvalue weighted by Gasteiger charge is -2.25. The van der Waals surface area contributed by atoms with Crippen LogP contribution in [-0.2, 0) is 19.0 Å². The fraction of sp³-hybridized carbons (Fsp3) is 0.550. The molecule has 4 atom stereocenters. The maximum absolute atomic E-state index is 11.6. The Morgan fingerprint density at radius 1 is 1.24 bits per heavy atom. The standard InChI is InChI=1S/C20H24O5/c1-14-11-18-17(12-19(21)25-18)16(14)7-8-20(23-9-10-24-20)13-22-15-5-3-2-4-6-15/h2-8,14,16-18H,9-13H2,1H3/b8-7+/t14-,16+,17-,18+/m1/s1. The van der Waals surface area contributed by atoms with E-state index in [1.807, 2.05) is 36.4 Å². The van der Waals surface area contributed by atoms with E-state index in [0.717, 1.165) is 12.2 Å². The van der Waals surface area contributed by atoms with Gasteiger partial charge in [0.1, 0.15) is 18.5 Å². The van der Waals surface area contributed by atoms with Crippen molar-refractivity contribution in [3.05, 3.63) is 42.5 Å². The third kappa shape index (κ3) is 3.44. The summed E-state index contributed by atoms with van der Waals surface area (Å²) in [6, 6.07) is 9.65. The third-order valence-corrected chi connectivity index (χ3v) is 5.45. The maximum Gasteiger partial charge on any atom is 0.306 e. The topological polar surface area (TPSA) is 54.0 Å². The molecule has 0 N–H and O–H groups in total. The molecule has 5 nitrogen and oxygen atoms in total. The first-order valence-corrected chi connectivity index (χ1v) is 9.00. The molecule has 0 radical (unpaired) electrons. The molecule has 3 aliphatic rings. The average Bonchev–Trinajstić information content (AvgIpc) is 3.28. The normalized spacial score (nSPS) is 33.6. The highest BCUT2D eigenvalue weighted by Crippen LogP contribution is 2.45. The molecular formula is C20H24O5. The molecule has 25 heavy (non-hydrogen) atoms. The first kappa shape index (κ1) is 16.6. The molecule has 0 bridgehead atoms. The minimum atomic E-state index is -0.850. The van der Waals surface area contributed by atoms with Gasteiger partial charge in [-0.3, -0.25) is 4.79 Å².